The van der Waals surface area contributed by atoms with E-state index in [1.54, 1.807) is 9.80 Å². The van der Waals surface area contributed by atoms with Crippen LogP contribution >= 0.6 is 18.9 Å². The predicted molar refractivity (Wildman–Crippen MR) is 159 cm³/mol. The highest BCUT2D eigenvalue weighted by molar-refractivity contribution is 7.52. The summed E-state index contributed by atoms with van der Waals surface area (Å²) in [6, 6.07) is 12.4. The molecule has 3 atom stereocenters. The number of alkyl halides is 2. The van der Waals surface area contributed by atoms with Gasteiger partial charge in [-0.3, -0.25) is 18.9 Å². The molecule has 3 aliphatic rings. The number of rotatable bonds is 7. The molecule has 3 aromatic rings. The van der Waals surface area contributed by atoms with Crippen LogP contribution in [-0.2, 0) is 19.8 Å². The molecular formula is C30H32F2N3O7PS. The van der Waals surface area contributed by atoms with Gasteiger partial charge in [0, 0.05) is 16.3 Å². The summed E-state index contributed by atoms with van der Waals surface area (Å²) in [7, 11) is -5.75. The smallest absolute Gasteiger partial charge is 0.399 e. The van der Waals surface area contributed by atoms with Crippen LogP contribution in [0.3, 0.4) is 0 Å². The molecular weight excluding hydrogens is 615 g/mol. The molecule has 0 unspecified atom stereocenters. The second kappa shape index (κ2) is 11.8. The predicted octanol–water partition coefficient (Wildman–Crippen LogP) is 4.45. The van der Waals surface area contributed by atoms with Gasteiger partial charge in [-0.05, 0) is 61.4 Å². The molecule has 3 fully saturated rings. The maximum Gasteiger partial charge on any atom is 0.399 e. The maximum atomic E-state index is 14.2. The largest absolute Gasteiger partial charge is 0.487 e. The highest BCUT2D eigenvalue weighted by Crippen LogP contribution is 2.59. The molecule has 0 spiro atoms. The summed E-state index contributed by atoms with van der Waals surface area (Å²) >= 11 is 1.02. The van der Waals surface area contributed by atoms with Crippen LogP contribution in [0, 0.1) is 0 Å². The number of para-hydroxylation sites is 1. The molecule has 10 nitrogen and oxygen atoms in total. The van der Waals surface area contributed by atoms with Crippen molar-refractivity contribution in [3.05, 3.63) is 65.0 Å². The Kier molecular flexibility index (Phi) is 8.25. The summed E-state index contributed by atoms with van der Waals surface area (Å²) in [5, 5.41) is 3.04. The number of thiophene rings is 1. The number of ether oxygens (including phenoxy) is 1. The lowest BCUT2D eigenvalue weighted by atomic mass is 9.98. The molecule has 3 aliphatic heterocycles. The van der Waals surface area contributed by atoms with E-state index in [-0.39, 0.29) is 34.2 Å². The number of carbonyl (C=O) groups is 3. The summed E-state index contributed by atoms with van der Waals surface area (Å²) in [5.41, 5.74) is -5.22. The van der Waals surface area contributed by atoms with Crippen LogP contribution in [0.1, 0.15) is 53.8 Å². The standard InChI is InChI=1S/C30H32F2N3O7PS/c31-30(32,43(39,40)41)19-10-13-25-18(14-19)15-26(44-25)27(36)33-23-9-5-4-6-20-11-12-24(35(20)28(23)37)29(38)34-16-22(17-34)42-21-7-2-1-3-8-21/h1-3,7-8,10,13-15,20,22-24H,4-6,9,11-12,16-17H2,(H,33,36)(H2,39,40,41)/t20-,23-,24-/m0/s1. The van der Waals surface area contributed by atoms with Gasteiger partial charge in [0.15, 0.2) is 0 Å². The monoisotopic (exact) mass is 647 g/mol. The fraction of sp³-hybridized carbons (Fsp3) is 0.433. The van der Waals surface area contributed by atoms with Crippen molar-refractivity contribution < 1.29 is 42.3 Å². The van der Waals surface area contributed by atoms with E-state index in [2.05, 4.69) is 5.32 Å². The Morgan fingerprint density at radius 3 is 2.45 bits per heavy atom. The summed E-state index contributed by atoms with van der Waals surface area (Å²) in [4.78, 5) is 62.4. The van der Waals surface area contributed by atoms with Gasteiger partial charge < -0.3 is 29.6 Å². The van der Waals surface area contributed by atoms with Gasteiger partial charge >= 0.3 is 13.3 Å². The number of fused-ring (bicyclic) bond motifs is 2. The zero-order chi connectivity index (χ0) is 31.2. The molecule has 3 N–H and O–H groups in total. The lowest BCUT2D eigenvalue weighted by molar-refractivity contribution is -0.152. The normalized spacial score (nSPS) is 23.1. The molecule has 234 valence electrons. The molecule has 0 saturated carbocycles. The van der Waals surface area contributed by atoms with Gasteiger partial charge in [0.25, 0.3) is 5.91 Å². The van der Waals surface area contributed by atoms with Crippen LogP contribution in [0.4, 0.5) is 8.78 Å². The number of carbonyl (C=O) groups excluding carboxylic acids is 3. The quantitative estimate of drug-likeness (QED) is 0.323. The van der Waals surface area contributed by atoms with E-state index in [0.29, 0.717) is 37.1 Å². The molecule has 2 aromatic carbocycles. The fourth-order valence-corrected chi connectivity index (χ4v) is 7.66. The van der Waals surface area contributed by atoms with Crippen LogP contribution in [0.25, 0.3) is 10.1 Å². The Morgan fingerprint density at radius 1 is 1.00 bits per heavy atom. The average molecular weight is 648 g/mol. The Morgan fingerprint density at radius 2 is 1.73 bits per heavy atom. The Labute approximate surface area is 256 Å². The van der Waals surface area contributed by atoms with Crippen molar-refractivity contribution in [2.24, 2.45) is 0 Å². The molecule has 1 aromatic heterocycles. The third kappa shape index (κ3) is 5.85. The van der Waals surface area contributed by atoms with Crippen molar-refractivity contribution in [2.75, 3.05) is 13.1 Å². The number of likely N-dealkylation sites (tertiary alicyclic amines) is 1. The van der Waals surface area contributed by atoms with Crippen LogP contribution in [0.15, 0.2) is 54.6 Å². The lowest BCUT2D eigenvalue weighted by Crippen LogP contribution is -2.62. The van der Waals surface area contributed by atoms with E-state index >= 15 is 0 Å². The van der Waals surface area contributed by atoms with E-state index in [1.165, 1.54) is 12.1 Å². The number of amides is 3. The van der Waals surface area contributed by atoms with Crippen molar-refractivity contribution in [2.45, 2.75) is 68.4 Å². The Balaban J connectivity index is 1.14. The van der Waals surface area contributed by atoms with Gasteiger partial charge in [0.05, 0.1) is 18.0 Å². The third-order valence-corrected chi connectivity index (χ3v) is 10.7. The summed E-state index contributed by atoms with van der Waals surface area (Å²) < 4.78 is 46.2. The molecule has 0 aliphatic carbocycles. The van der Waals surface area contributed by atoms with Crippen molar-refractivity contribution >= 4 is 46.7 Å². The minimum atomic E-state index is -5.75. The van der Waals surface area contributed by atoms with Gasteiger partial charge in [0.2, 0.25) is 11.8 Å². The fourth-order valence-electron chi connectivity index (χ4n) is 6.24. The van der Waals surface area contributed by atoms with Crippen molar-refractivity contribution in [1.29, 1.82) is 0 Å². The molecule has 0 bridgehead atoms. The third-order valence-electron chi connectivity index (χ3n) is 8.58. The van der Waals surface area contributed by atoms with Gasteiger partial charge in [0.1, 0.15) is 23.9 Å². The number of benzene rings is 2. The topological polar surface area (TPSA) is 136 Å². The van der Waals surface area contributed by atoms with Gasteiger partial charge in [-0.2, -0.15) is 8.78 Å². The first-order valence-corrected chi connectivity index (χ1v) is 17.0. The summed E-state index contributed by atoms with van der Waals surface area (Å²) in [6.07, 6.45) is 3.89. The molecule has 3 saturated heterocycles. The molecule has 0 radical (unpaired) electrons. The Bertz CT molecular complexity index is 1630. The second-order valence-corrected chi connectivity index (χ2v) is 14.3. The second-order valence-electron chi connectivity index (χ2n) is 11.5. The van der Waals surface area contributed by atoms with Crippen LogP contribution in [0.2, 0.25) is 0 Å². The highest BCUT2D eigenvalue weighted by atomic mass is 32.1. The number of halogens is 2. The first-order valence-electron chi connectivity index (χ1n) is 14.5. The SMILES string of the molecule is O=C(N[C@H]1CCCC[C@H]2CC[C@@H](C(=O)N3CC(Oc4ccccc4)C3)N2C1=O)c1cc2cc(C(F)(F)P(=O)(O)O)ccc2s1. The molecule has 6 rings (SSSR count). The zero-order valence-electron chi connectivity index (χ0n) is 23.6. The van der Waals surface area contributed by atoms with Gasteiger partial charge in [-0.1, -0.05) is 37.1 Å². The molecule has 14 heteroatoms. The summed E-state index contributed by atoms with van der Waals surface area (Å²) in [6.45, 7) is 0.871. The lowest BCUT2D eigenvalue weighted by Gasteiger charge is -2.42. The summed E-state index contributed by atoms with van der Waals surface area (Å²) in [5.74, 6) is -0.245. The van der Waals surface area contributed by atoms with Crippen molar-refractivity contribution in [3.8, 4) is 5.75 Å². The van der Waals surface area contributed by atoms with Crippen LogP contribution in [0.5, 0.6) is 5.75 Å². The first-order chi connectivity index (χ1) is 20.9. The zero-order valence-corrected chi connectivity index (χ0v) is 25.3. The van der Waals surface area contributed by atoms with Crippen molar-refractivity contribution in [1.82, 2.24) is 15.1 Å². The average Bonchev–Trinajstić information content (AvgIpc) is 3.58. The van der Waals surface area contributed by atoms with Crippen LogP contribution in [-0.4, -0.2) is 74.6 Å². The van der Waals surface area contributed by atoms with Gasteiger partial charge in [-0.25, -0.2) is 0 Å². The highest BCUT2D eigenvalue weighted by Gasteiger charge is 2.50. The maximum absolute atomic E-state index is 14.2. The van der Waals surface area contributed by atoms with E-state index < -0.39 is 36.8 Å². The van der Waals surface area contributed by atoms with E-state index in [0.717, 1.165) is 48.5 Å². The van der Waals surface area contributed by atoms with E-state index in [4.69, 9.17) is 14.5 Å². The number of hydrogen-bond donors (Lipinski definition) is 3. The molecule has 3 amide bonds. The Hall–Kier alpha value is -3.38. The minimum Gasteiger partial charge on any atom is -0.487 e. The van der Waals surface area contributed by atoms with Crippen molar-refractivity contribution in [3.63, 3.8) is 0 Å². The van der Waals surface area contributed by atoms with E-state index in [9.17, 15) is 27.7 Å². The molecule has 4 heterocycles. The number of nitrogens with zero attached hydrogens (tertiary/aromatic N) is 2. The first kappa shape index (κ1) is 30.6. The van der Waals surface area contributed by atoms with Crippen LogP contribution < -0.4 is 10.1 Å². The number of hydrogen-bond acceptors (Lipinski definition) is 6. The van der Waals surface area contributed by atoms with Gasteiger partial charge in [-0.15, -0.1) is 11.3 Å². The minimum absolute atomic E-state index is 0.0905. The number of nitrogens with one attached hydrogen (secondary N) is 1. The van der Waals surface area contributed by atoms with E-state index in [1.807, 2.05) is 30.3 Å². The molecule has 44 heavy (non-hydrogen) atoms.